The van der Waals surface area contributed by atoms with Crippen molar-refractivity contribution in [1.82, 2.24) is 9.88 Å². The molecular formula is C17H21N3O3. The molecule has 0 fully saturated rings. The molecule has 0 spiro atoms. The van der Waals surface area contributed by atoms with Gasteiger partial charge in [0.1, 0.15) is 11.5 Å². The quantitative estimate of drug-likeness (QED) is 0.846. The van der Waals surface area contributed by atoms with Crippen LogP contribution in [0.25, 0.3) is 0 Å². The third-order valence-corrected chi connectivity index (χ3v) is 3.44. The van der Waals surface area contributed by atoms with Crippen molar-refractivity contribution in [2.45, 2.75) is 13.0 Å². The van der Waals surface area contributed by atoms with Crippen LogP contribution < -0.4 is 15.2 Å². The van der Waals surface area contributed by atoms with Crippen molar-refractivity contribution in [3.05, 3.63) is 48.7 Å². The maximum Gasteiger partial charge on any atom is 0.260 e. The molecule has 0 saturated heterocycles. The summed E-state index contributed by atoms with van der Waals surface area (Å²) in [5.74, 6) is 1.65. The number of pyridine rings is 1. The van der Waals surface area contributed by atoms with Crippen LogP contribution in [0.4, 0.5) is 0 Å². The molecule has 122 valence electrons. The largest absolute Gasteiger partial charge is 0.484 e. The molecule has 2 aromatic rings. The van der Waals surface area contributed by atoms with Crippen molar-refractivity contribution in [2.75, 3.05) is 20.2 Å². The normalized spacial score (nSPS) is 11.6. The summed E-state index contributed by atoms with van der Waals surface area (Å²) in [5, 5.41) is 0. The van der Waals surface area contributed by atoms with Crippen LogP contribution in [-0.4, -0.2) is 42.0 Å². The highest BCUT2D eigenvalue weighted by molar-refractivity contribution is 5.77. The Labute approximate surface area is 135 Å². The molecular weight excluding hydrogens is 294 g/mol. The van der Waals surface area contributed by atoms with Gasteiger partial charge < -0.3 is 20.1 Å². The number of nitrogens with zero attached hydrogens (tertiary/aromatic N) is 2. The number of rotatable bonds is 7. The first kappa shape index (κ1) is 16.8. The Balaban J connectivity index is 1.87. The molecule has 1 aromatic heterocycles. The van der Waals surface area contributed by atoms with Gasteiger partial charge in [-0.05, 0) is 37.3 Å². The van der Waals surface area contributed by atoms with E-state index in [0.29, 0.717) is 23.9 Å². The molecule has 0 aliphatic carbocycles. The summed E-state index contributed by atoms with van der Waals surface area (Å²) < 4.78 is 11.1. The van der Waals surface area contributed by atoms with Gasteiger partial charge in [0.2, 0.25) is 5.88 Å². The fourth-order valence-corrected chi connectivity index (χ4v) is 1.78. The van der Waals surface area contributed by atoms with Crippen LogP contribution in [0, 0.1) is 0 Å². The van der Waals surface area contributed by atoms with Gasteiger partial charge in [0.15, 0.2) is 6.61 Å². The SMILES string of the molecule is CC(CN)N(C)C(=O)COc1ccc(Oc2ccccn2)cc1. The van der Waals surface area contributed by atoms with Gasteiger partial charge in [0, 0.05) is 31.9 Å². The molecule has 1 aromatic carbocycles. The van der Waals surface area contributed by atoms with Crippen molar-refractivity contribution < 1.29 is 14.3 Å². The highest BCUT2D eigenvalue weighted by Crippen LogP contribution is 2.22. The van der Waals surface area contributed by atoms with Crippen molar-refractivity contribution in [3.63, 3.8) is 0 Å². The molecule has 0 bridgehead atoms. The van der Waals surface area contributed by atoms with Crippen LogP contribution in [0.5, 0.6) is 17.4 Å². The first-order valence-corrected chi connectivity index (χ1v) is 7.37. The Hall–Kier alpha value is -2.60. The van der Waals surface area contributed by atoms with Crippen LogP contribution in [0.3, 0.4) is 0 Å². The van der Waals surface area contributed by atoms with Gasteiger partial charge in [-0.2, -0.15) is 0 Å². The monoisotopic (exact) mass is 315 g/mol. The number of ether oxygens (including phenoxy) is 2. The molecule has 0 aliphatic heterocycles. The van der Waals surface area contributed by atoms with Gasteiger partial charge >= 0.3 is 0 Å². The Morgan fingerprint density at radius 1 is 1.22 bits per heavy atom. The lowest BCUT2D eigenvalue weighted by molar-refractivity contribution is -0.133. The fraction of sp³-hybridized carbons (Fsp3) is 0.294. The summed E-state index contributed by atoms with van der Waals surface area (Å²) in [6, 6.07) is 12.5. The Morgan fingerprint density at radius 3 is 2.52 bits per heavy atom. The van der Waals surface area contributed by atoms with E-state index in [0.717, 1.165) is 0 Å². The maximum atomic E-state index is 11.9. The summed E-state index contributed by atoms with van der Waals surface area (Å²) in [6.45, 7) is 2.28. The first-order chi connectivity index (χ1) is 11.1. The molecule has 2 N–H and O–H groups in total. The lowest BCUT2D eigenvalue weighted by Gasteiger charge is -2.23. The number of hydrogen-bond donors (Lipinski definition) is 1. The number of aromatic nitrogens is 1. The average molecular weight is 315 g/mol. The second kappa shape index (κ2) is 8.14. The molecule has 1 atom stereocenters. The molecule has 23 heavy (non-hydrogen) atoms. The molecule has 0 saturated carbocycles. The molecule has 2 rings (SSSR count). The number of carbonyl (C=O) groups excluding carboxylic acids is 1. The minimum atomic E-state index is -0.114. The van der Waals surface area contributed by atoms with Crippen molar-refractivity contribution >= 4 is 5.91 Å². The number of likely N-dealkylation sites (N-methyl/N-ethyl adjacent to an activating group) is 1. The van der Waals surface area contributed by atoms with Crippen molar-refractivity contribution in [2.24, 2.45) is 5.73 Å². The van der Waals surface area contributed by atoms with E-state index in [1.54, 1.807) is 48.5 Å². The summed E-state index contributed by atoms with van der Waals surface area (Å²) in [4.78, 5) is 17.6. The van der Waals surface area contributed by atoms with Crippen LogP contribution >= 0.6 is 0 Å². The van der Waals surface area contributed by atoms with E-state index in [1.807, 2.05) is 19.1 Å². The number of benzene rings is 1. The molecule has 0 radical (unpaired) electrons. The molecule has 6 nitrogen and oxygen atoms in total. The van der Waals surface area contributed by atoms with E-state index in [4.69, 9.17) is 15.2 Å². The van der Waals surface area contributed by atoms with Crippen LogP contribution in [0.1, 0.15) is 6.92 Å². The second-order valence-electron chi connectivity index (χ2n) is 5.12. The average Bonchev–Trinajstić information content (AvgIpc) is 2.60. The number of carbonyl (C=O) groups is 1. The highest BCUT2D eigenvalue weighted by Gasteiger charge is 2.14. The number of nitrogens with two attached hydrogens (primary N) is 1. The fourth-order valence-electron chi connectivity index (χ4n) is 1.78. The highest BCUT2D eigenvalue weighted by atomic mass is 16.5. The van der Waals surface area contributed by atoms with Gasteiger partial charge in [-0.1, -0.05) is 6.07 Å². The Morgan fingerprint density at radius 2 is 1.91 bits per heavy atom. The van der Waals surface area contributed by atoms with Gasteiger partial charge in [-0.15, -0.1) is 0 Å². The van der Waals surface area contributed by atoms with Gasteiger partial charge in [0.25, 0.3) is 5.91 Å². The van der Waals surface area contributed by atoms with Crippen molar-refractivity contribution in [1.29, 1.82) is 0 Å². The van der Waals surface area contributed by atoms with E-state index in [-0.39, 0.29) is 18.6 Å². The lowest BCUT2D eigenvalue weighted by Crippen LogP contribution is -2.42. The molecule has 1 heterocycles. The third kappa shape index (κ3) is 4.96. The van der Waals surface area contributed by atoms with Crippen LogP contribution in [0.15, 0.2) is 48.7 Å². The summed E-state index contributed by atoms with van der Waals surface area (Å²) in [5.41, 5.74) is 5.54. The van der Waals surface area contributed by atoms with Crippen molar-refractivity contribution in [3.8, 4) is 17.4 Å². The second-order valence-corrected chi connectivity index (χ2v) is 5.12. The van der Waals surface area contributed by atoms with Crippen LogP contribution in [0.2, 0.25) is 0 Å². The van der Waals surface area contributed by atoms with E-state index in [9.17, 15) is 4.79 Å². The van der Waals surface area contributed by atoms with Gasteiger partial charge in [0.05, 0.1) is 0 Å². The minimum Gasteiger partial charge on any atom is -0.484 e. The van der Waals surface area contributed by atoms with Gasteiger partial charge in [-0.25, -0.2) is 4.98 Å². The zero-order chi connectivity index (χ0) is 16.7. The molecule has 1 amide bonds. The molecule has 6 heteroatoms. The summed E-state index contributed by atoms with van der Waals surface area (Å²) in [7, 11) is 1.72. The molecule has 0 aliphatic rings. The Bertz CT molecular complexity index is 617. The standard InChI is InChI=1S/C17H21N3O3/c1-13(11-18)20(2)17(21)12-22-14-6-8-15(9-7-14)23-16-5-3-4-10-19-16/h3-10,13H,11-12,18H2,1-2H3. The summed E-state index contributed by atoms with van der Waals surface area (Å²) >= 11 is 0. The van der Waals surface area contributed by atoms with E-state index >= 15 is 0 Å². The summed E-state index contributed by atoms with van der Waals surface area (Å²) in [6.07, 6.45) is 1.66. The van der Waals surface area contributed by atoms with Gasteiger partial charge in [-0.3, -0.25) is 4.79 Å². The topological polar surface area (TPSA) is 77.7 Å². The predicted octanol–water partition coefficient (Wildman–Crippen LogP) is 2.06. The Kier molecular flexibility index (Phi) is 5.94. The minimum absolute atomic E-state index is 0.0137. The zero-order valence-corrected chi connectivity index (χ0v) is 13.3. The molecule has 1 unspecified atom stereocenters. The third-order valence-electron chi connectivity index (χ3n) is 3.44. The number of hydrogen-bond acceptors (Lipinski definition) is 5. The zero-order valence-electron chi connectivity index (χ0n) is 13.3. The first-order valence-electron chi connectivity index (χ1n) is 7.37. The number of amides is 1. The van der Waals surface area contributed by atoms with E-state index in [1.165, 1.54) is 0 Å². The van der Waals surface area contributed by atoms with Crippen LogP contribution in [-0.2, 0) is 4.79 Å². The predicted molar refractivity (Wildman–Crippen MR) is 87.5 cm³/mol. The van der Waals surface area contributed by atoms with E-state index < -0.39 is 0 Å². The smallest absolute Gasteiger partial charge is 0.260 e. The lowest BCUT2D eigenvalue weighted by atomic mass is 10.3. The maximum absolute atomic E-state index is 11.9. The van der Waals surface area contributed by atoms with E-state index in [2.05, 4.69) is 4.98 Å².